The number of halogens is 1. The molecule has 1 amide bonds. The minimum atomic E-state index is -0.287. The zero-order valence-electron chi connectivity index (χ0n) is 12.6. The molecule has 0 spiro atoms. The van der Waals surface area contributed by atoms with Gasteiger partial charge in [-0.05, 0) is 35.0 Å². The lowest BCUT2D eigenvalue weighted by atomic mass is 10.2. The molecule has 8 nitrogen and oxygen atoms in total. The summed E-state index contributed by atoms with van der Waals surface area (Å²) < 4.78 is 7.27. The van der Waals surface area contributed by atoms with E-state index in [-0.39, 0.29) is 11.9 Å². The molecular formula is C14H17BrN6O2. The van der Waals surface area contributed by atoms with Crippen LogP contribution in [0.4, 0.5) is 0 Å². The number of morpholine rings is 1. The summed E-state index contributed by atoms with van der Waals surface area (Å²) in [7, 11) is 0. The first kappa shape index (κ1) is 16.0. The van der Waals surface area contributed by atoms with E-state index < -0.39 is 0 Å². The van der Waals surface area contributed by atoms with E-state index in [1.165, 1.54) is 0 Å². The molecule has 1 aliphatic rings. The molecular weight excluding hydrogens is 364 g/mol. The van der Waals surface area contributed by atoms with Gasteiger partial charge in [-0.15, -0.1) is 5.10 Å². The van der Waals surface area contributed by atoms with Crippen molar-refractivity contribution in [1.29, 1.82) is 0 Å². The Hall–Kier alpha value is -1.84. The van der Waals surface area contributed by atoms with Gasteiger partial charge in [0.05, 0.1) is 24.8 Å². The molecule has 1 atom stereocenters. The van der Waals surface area contributed by atoms with Gasteiger partial charge in [0.2, 0.25) is 4.73 Å². The van der Waals surface area contributed by atoms with E-state index >= 15 is 0 Å². The number of hydrogen-bond donors (Lipinski definition) is 1. The molecule has 2 aromatic rings. The predicted octanol–water partition coefficient (Wildman–Crippen LogP) is 0.917. The minimum Gasteiger partial charge on any atom is -0.378 e. The molecule has 2 N–H and O–H groups in total. The van der Waals surface area contributed by atoms with Gasteiger partial charge >= 0.3 is 0 Å². The zero-order valence-corrected chi connectivity index (χ0v) is 14.2. The van der Waals surface area contributed by atoms with Crippen molar-refractivity contribution in [1.82, 2.24) is 24.6 Å². The predicted molar refractivity (Wildman–Crippen MR) is 86.2 cm³/mol. The number of carbonyl (C=O) groups is 1. The zero-order chi connectivity index (χ0) is 16.4. The van der Waals surface area contributed by atoms with E-state index in [0.29, 0.717) is 48.2 Å². The summed E-state index contributed by atoms with van der Waals surface area (Å²) in [6, 6.07) is 3.19. The lowest BCUT2D eigenvalue weighted by molar-refractivity contribution is 0.0302. The van der Waals surface area contributed by atoms with E-state index in [1.807, 2.05) is 6.92 Å². The van der Waals surface area contributed by atoms with Gasteiger partial charge in [0.15, 0.2) is 11.6 Å². The smallest absolute Gasteiger partial charge is 0.255 e. The molecule has 1 saturated heterocycles. The highest BCUT2D eigenvalue weighted by Gasteiger charge is 2.20. The highest BCUT2D eigenvalue weighted by molar-refractivity contribution is 9.10. The number of pyridine rings is 1. The number of aromatic nitrogens is 4. The van der Waals surface area contributed by atoms with Gasteiger partial charge in [0.1, 0.15) is 0 Å². The summed E-state index contributed by atoms with van der Waals surface area (Å²) in [4.78, 5) is 22.7. The summed E-state index contributed by atoms with van der Waals surface area (Å²) in [6.45, 7) is 4.17. The van der Waals surface area contributed by atoms with Crippen LogP contribution in [-0.2, 0) is 4.74 Å². The maximum atomic E-state index is 12.4. The Bertz CT molecular complexity index is 694. The Morgan fingerprint density at radius 2 is 2.13 bits per heavy atom. The fraction of sp³-hybridized carbons (Fsp3) is 0.429. The van der Waals surface area contributed by atoms with Gasteiger partial charge < -0.3 is 15.4 Å². The first-order valence-corrected chi connectivity index (χ1v) is 8.07. The number of ether oxygens (including phenoxy) is 1. The van der Waals surface area contributed by atoms with Crippen LogP contribution in [0.3, 0.4) is 0 Å². The van der Waals surface area contributed by atoms with Crippen molar-refractivity contribution in [2.45, 2.75) is 13.0 Å². The van der Waals surface area contributed by atoms with Crippen molar-refractivity contribution in [3.8, 4) is 5.82 Å². The second-order valence-electron chi connectivity index (χ2n) is 5.25. The third kappa shape index (κ3) is 3.41. The van der Waals surface area contributed by atoms with Gasteiger partial charge in [-0.3, -0.25) is 4.79 Å². The van der Waals surface area contributed by atoms with Crippen molar-refractivity contribution < 1.29 is 9.53 Å². The highest BCUT2D eigenvalue weighted by atomic mass is 79.9. The second kappa shape index (κ2) is 6.73. The SMILES string of the molecule is CC(N)c1nc(Br)nn1-c1ccc(C(=O)N2CCOCC2)cn1. The van der Waals surface area contributed by atoms with Crippen LogP contribution in [0.25, 0.3) is 5.82 Å². The summed E-state index contributed by atoms with van der Waals surface area (Å²) in [5.41, 5.74) is 6.44. The molecule has 0 aromatic carbocycles. The highest BCUT2D eigenvalue weighted by Crippen LogP contribution is 2.16. The molecule has 1 unspecified atom stereocenters. The summed E-state index contributed by atoms with van der Waals surface area (Å²) in [5, 5.41) is 4.23. The third-order valence-corrected chi connectivity index (χ3v) is 3.86. The van der Waals surface area contributed by atoms with Gasteiger partial charge in [-0.25, -0.2) is 9.97 Å². The van der Waals surface area contributed by atoms with Crippen LogP contribution in [0.1, 0.15) is 29.1 Å². The van der Waals surface area contributed by atoms with Gasteiger partial charge in [-0.2, -0.15) is 4.68 Å². The number of amides is 1. The molecule has 2 aromatic heterocycles. The Labute approximate surface area is 141 Å². The van der Waals surface area contributed by atoms with Crippen LogP contribution in [0.2, 0.25) is 0 Å². The maximum Gasteiger partial charge on any atom is 0.255 e. The molecule has 122 valence electrons. The lowest BCUT2D eigenvalue weighted by Crippen LogP contribution is -2.40. The number of rotatable bonds is 3. The topological polar surface area (TPSA) is 99.2 Å². The second-order valence-corrected chi connectivity index (χ2v) is 5.96. The van der Waals surface area contributed by atoms with E-state index in [9.17, 15) is 4.79 Å². The van der Waals surface area contributed by atoms with Gasteiger partial charge in [0, 0.05) is 19.3 Å². The van der Waals surface area contributed by atoms with Crippen molar-refractivity contribution in [3.63, 3.8) is 0 Å². The average Bonchev–Trinajstić information content (AvgIpc) is 2.97. The Balaban J connectivity index is 1.83. The molecule has 3 heterocycles. The fourth-order valence-corrected chi connectivity index (χ4v) is 2.69. The van der Waals surface area contributed by atoms with Crippen molar-refractivity contribution in [3.05, 3.63) is 34.5 Å². The summed E-state index contributed by atoms with van der Waals surface area (Å²) in [5.74, 6) is 1.12. The first-order valence-electron chi connectivity index (χ1n) is 7.28. The van der Waals surface area contributed by atoms with Crippen molar-refractivity contribution in [2.75, 3.05) is 26.3 Å². The van der Waals surface area contributed by atoms with Crippen LogP contribution in [0, 0.1) is 0 Å². The number of nitrogens with two attached hydrogens (primary N) is 1. The quantitative estimate of drug-likeness (QED) is 0.849. The molecule has 0 radical (unpaired) electrons. The maximum absolute atomic E-state index is 12.4. The first-order chi connectivity index (χ1) is 11.1. The molecule has 23 heavy (non-hydrogen) atoms. The molecule has 0 aliphatic carbocycles. The van der Waals surface area contributed by atoms with E-state index in [4.69, 9.17) is 10.5 Å². The standard InChI is InChI=1S/C14H17BrN6O2/c1-9(16)12-18-14(15)19-21(12)11-3-2-10(8-17-11)13(22)20-4-6-23-7-5-20/h2-3,8-9H,4-7,16H2,1H3. The number of nitrogens with zero attached hydrogens (tertiary/aromatic N) is 5. The average molecular weight is 381 g/mol. The van der Waals surface area contributed by atoms with Crippen LogP contribution in [-0.4, -0.2) is 56.9 Å². The largest absolute Gasteiger partial charge is 0.378 e. The molecule has 0 saturated carbocycles. The van der Waals surface area contributed by atoms with Gasteiger partial charge in [0.25, 0.3) is 5.91 Å². The van der Waals surface area contributed by atoms with Crippen LogP contribution in [0.5, 0.6) is 0 Å². The Morgan fingerprint density at radius 1 is 1.39 bits per heavy atom. The molecule has 9 heteroatoms. The summed E-state index contributed by atoms with van der Waals surface area (Å²) >= 11 is 3.24. The monoisotopic (exact) mass is 380 g/mol. The van der Waals surface area contributed by atoms with Crippen molar-refractivity contribution in [2.24, 2.45) is 5.73 Å². The van der Waals surface area contributed by atoms with Gasteiger partial charge in [-0.1, -0.05) is 0 Å². The normalized spacial score (nSPS) is 16.4. The van der Waals surface area contributed by atoms with E-state index in [0.717, 1.165) is 0 Å². The Kier molecular flexibility index (Phi) is 4.69. The summed E-state index contributed by atoms with van der Waals surface area (Å²) in [6.07, 6.45) is 1.55. The third-order valence-electron chi connectivity index (χ3n) is 3.52. The Morgan fingerprint density at radius 3 is 2.74 bits per heavy atom. The molecule has 1 fully saturated rings. The van der Waals surface area contributed by atoms with E-state index in [1.54, 1.807) is 27.9 Å². The van der Waals surface area contributed by atoms with Crippen LogP contribution in [0.15, 0.2) is 23.1 Å². The minimum absolute atomic E-state index is 0.0421. The van der Waals surface area contributed by atoms with Crippen LogP contribution >= 0.6 is 15.9 Å². The van der Waals surface area contributed by atoms with Crippen molar-refractivity contribution >= 4 is 21.8 Å². The lowest BCUT2D eigenvalue weighted by Gasteiger charge is -2.26. The van der Waals surface area contributed by atoms with E-state index in [2.05, 4.69) is 31.0 Å². The molecule has 3 rings (SSSR count). The number of carbonyl (C=O) groups excluding carboxylic acids is 1. The number of hydrogen-bond acceptors (Lipinski definition) is 6. The fourth-order valence-electron chi connectivity index (χ4n) is 2.35. The molecule has 0 bridgehead atoms. The molecule has 1 aliphatic heterocycles. The van der Waals surface area contributed by atoms with Crippen LogP contribution < -0.4 is 5.73 Å².